The van der Waals surface area contributed by atoms with E-state index in [-0.39, 0.29) is 6.54 Å². The number of carbonyl (C=O) groups excluding carboxylic acids is 2. The number of methoxy groups -OCH3 is 3. The molecule has 0 saturated carbocycles. The molecule has 1 heterocycles. The topological polar surface area (TPSA) is 83.5 Å². The van der Waals surface area contributed by atoms with E-state index in [2.05, 4.69) is 0 Å². The Labute approximate surface area is 130 Å². The van der Waals surface area contributed by atoms with Gasteiger partial charge in [0.05, 0.1) is 6.54 Å². The lowest BCUT2D eigenvalue weighted by atomic mass is 9.99. The van der Waals surface area contributed by atoms with Gasteiger partial charge in [0.1, 0.15) is 23.9 Å². The zero-order chi connectivity index (χ0) is 16.9. The molecule has 0 aromatic heterocycles. The summed E-state index contributed by atoms with van der Waals surface area (Å²) in [7, 11) is 4.41. The molecule has 4 atom stereocenters. The molecular weight excluding hydrogens is 294 g/mol. The highest BCUT2D eigenvalue weighted by Crippen LogP contribution is 2.27. The monoisotopic (exact) mass is 319 g/mol. The van der Waals surface area contributed by atoms with Crippen LogP contribution in [0.1, 0.15) is 20.8 Å². The Bertz CT molecular complexity index is 382. The van der Waals surface area contributed by atoms with Crippen LogP contribution in [0.25, 0.3) is 0 Å². The first kappa shape index (κ1) is 18.7. The average Bonchev–Trinajstić information content (AvgIpc) is 2.44. The number of hydrogen-bond acceptors (Lipinski definition) is 7. The summed E-state index contributed by atoms with van der Waals surface area (Å²) in [5.74, 6) is 0. The van der Waals surface area contributed by atoms with Crippen molar-refractivity contribution in [3.63, 3.8) is 0 Å². The van der Waals surface area contributed by atoms with Gasteiger partial charge >= 0.3 is 6.09 Å². The van der Waals surface area contributed by atoms with Crippen LogP contribution in [-0.4, -0.2) is 75.5 Å². The Morgan fingerprint density at radius 1 is 1.09 bits per heavy atom. The molecule has 0 aromatic rings. The van der Waals surface area contributed by atoms with E-state index < -0.39 is 36.2 Å². The van der Waals surface area contributed by atoms with Gasteiger partial charge in [0.25, 0.3) is 6.47 Å². The third-order valence-corrected chi connectivity index (χ3v) is 3.30. The Kier molecular flexibility index (Phi) is 6.58. The zero-order valence-electron chi connectivity index (χ0n) is 13.9. The molecular formula is C14H25NO7. The van der Waals surface area contributed by atoms with Crippen molar-refractivity contribution in [3.8, 4) is 0 Å². The SMILES string of the molecule is CO[C@H]1[C@H](OC)[C@H](OC)N(C(=O)OC(C)(C)C)C[C@H]1OC=O. The van der Waals surface area contributed by atoms with E-state index in [1.807, 2.05) is 0 Å². The van der Waals surface area contributed by atoms with Crippen molar-refractivity contribution < 1.29 is 33.3 Å². The molecule has 22 heavy (non-hydrogen) atoms. The quantitative estimate of drug-likeness (QED) is 0.692. The van der Waals surface area contributed by atoms with Gasteiger partial charge in [-0.2, -0.15) is 0 Å². The highest BCUT2D eigenvalue weighted by Gasteiger charge is 2.48. The number of likely N-dealkylation sites (tertiary alicyclic amines) is 1. The van der Waals surface area contributed by atoms with E-state index in [4.69, 9.17) is 23.7 Å². The molecule has 1 amide bonds. The van der Waals surface area contributed by atoms with Crippen LogP contribution in [0.2, 0.25) is 0 Å². The van der Waals surface area contributed by atoms with Crippen LogP contribution in [0, 0.1) is 0 Å². The van der Waals surface area contributed by atoms with Crippen LogP contribution in [0.5, 0.6) is 0 Å². The molecule has 0 N–H and O–H groups in total. The third kappa shape index (κ3) is 4.31. The van der Waals surface area contributed by atoms with Crippen LogP contribution in [0.15, 0.2) is 0 Å². The number of piperidine rings is 1. The highest BCUT2D eigenvalue weighted by atomic mass is 16.6. The average molecular weight is 319 g/mol. The normalized spacial score (nSPS) is 29.1. The van der Waals surface area contributed by atoms with E-state index >= 15 is 0 Å². The zero-order valence-corrected chi connectivity index (χ0v) is 13.9. The van der Waals surface area contributed by atoms with Crippen LogP contribution in [0.3, 0.4) is 0 Å². The van der Waals surface area contributed by atoms with Crippen molar-refractivity contribution in [2.24, 2.45) is 0 Å². The van der Waals surface area contributed by atoms with E-state index in [1.165, 1.54) is 26.2 Å². The van der Waals surface area contributed by atoms with Crippen LogP contribution >= 0.6 is 0 Å². The minimum Gasteiger partial charge on any atom is -0.460 e. The van der Waals surface area contributed by atoms with E-state index in [9.17, 15) is 9.59 Å². The number of amides is 1. The van der Waals surface area contributed by atoms with Crippen molar-refractivity contribution in [2.75, 3.05) is 27.9 Å². The maximum absolute atomic E-state index is 12.4. The summed E-state index contributed by atoms with van der Waals surface area (Å²) in [5.41, 5.74) is -0.656. The van der Waals surface area contributed by atoms with E-state index in [1.54, 1.807) is 20.8 Å². The molecule has 1 fully saturated rings. The summed E-state index contributed by atoms with van der Waals surface area (Å²) in [6, 6.07) is 0. The molecule has 8 heteroatoms. The van der Waals surface area contributed by atoms with Crippen molar-refractivity contribution in [1.29, 1.82) is 0 Å². The fourth-order valence-corrected chi connectivity index (χ4v) is 2.44. The molecule has 8 nitrogen and oxygen atoms in total. The second-order valence-electron chi connectivity index (χ2n) is 5.93. The summed E-state index contributed by atoms with van der Waals surface area (Å²) in [5, 5.41) is 0. The van der Waals surface area contributed by atoms with Gasteiger partial charge in [-0.25, -0.2) is 4.79 Å². The summed E-state index contributed by atoms with van der Waals surface area (Å²) < 4.78 is 26.5. The minimum atomic E-state index is -0.712. The van der Waals surface area contributed by atoms with Gasteiger partial charge in [-0.1, -0.05) is 0 Å². The van der Waals surface area contributed by atoms with Crippen LogP contribution < -0.4 is 0 Å². The molecule has 128 valence electrons. The van der Waals surface area contributed by atoms with E-state index in [0.717, 1.165) is 0 Å². The first-order valence-electron chi connectivity index (χ1n) is 6.96. The number of carbonyl (C=O) groups is 2. The molecule has 0 bridgehead atoms. The number of rotatable bonds is 5. The molecule has 0 radical (unpaired) electrons. The second kappa shape index (κ2) is 7.75. The molecule has 0 aliphatic carbocycles. The minimum absolute atomic E-state index is 0.0878. The van der Waals surface area contributed by atoms with E-state index in [0.29, 0.717) is 6.47 Å². The fourth-order valence-electron chi connectivity index (χ4n) is 2.44. The lowest BCUT2D eigenvalue weighted by molar-refractivity contribution is -0.218. The lowest BCUT2D eigenvalue weighted by Crippen LogP contribution is -2.65. The maximum Gasteiger partial charge on any atom is 0.412 e. The summed E-state index contributed by atoms with van der Waals surface area (Å²) in [4.78, 5) is 24.4. The van der Waals surface area contributed by atoms with Gasteiger partial charge in [-0.15, -0.1) is 0 Å². The number of nitrogens with zero attached hydrogens (tertiary/aromatic N) is 1. The predicted molar refractivity (Wildman–Crippen MR) is 76.3 cm³/mol. The van der Waals surface area contributed by atoms with Gasteiger partial charge in [-0.3, -0.25) is 9.69 Å². The molecule has 0 unspecified atom stereocenters. The molecule has 1 aliphatic rings. The standard InChI is InChI=1S/C14H25NO7/c1-14(2,3)22-13(17)15-7-9(21-8-16)10(18-4)11(19-5)12(15)20-6/h8-12H,7H2,1-6H3/t9-,10-,11+,12+/m1/s1. The Morgan fingerprint density at radius 2 is 1.68 bits per heavy atom. The summed E-state index contributed by atoms with van der Waals surface area (Å²) in [6.07, 6.45) is -3.14. The van der Waals surface area contributed by atoms with Crippen molar-refractivity contribution in [1.82, 2.24) is 4.90 Å². The van der Waals surface area contributed by atoms with Crippen LogP contribution in [0.4, 0.5) is 4.79 Å². The first-order valence-corrected chi connectivity index (χ1v) is 6.96. The largest absolute Gasteiger partial charge is 0.460 e. The smallest absolute Gasteiger partial charge is 0.412 e. The van der Waals surface area contributed by atoms with Crippen molar-refractivity contribution in [2.45, 2.75) is 50.9 Å². The Hall–Kier alpha value is -1.38. The van der Waals surface area contributed by atoms with Gasteiger partial charge in [0.2, 0.25) is 0 Å². The second-order valence-corrected chi connectivity index (χ2v) is 5.93. The van der Waals surface area contributed by atoms with Crippen LogP contribution in [-0.2, 0) is 28.5 Å². The van der Waals surface area contributed by atoms with Crippen molar-refractivity contribution >= 4 is 12.6 Å². The maximum atomic E-state index is 12.4. The number of ether oxygens (including phenoxy) is 5. The molecule has 1 saturated heterocycles. The van der Waals surface area contributed by atoms with Gasteiger partial charge in [0.15, 0.2) is 6.23 Å². The Morgan fingerprint density at radius 3 is 2.09 bits per heavy atom. The molecule has 1 aliphatic heterocycles. The van der Waals surface area contributed by atoms with Crippen molar-refractivity contribution in [3.05, 3.63) is 0 Å². The highest BCUT2D eigenvalue weighted by molar-refractivity contribution is 5.68. The lowest BCUT2D eigenvalue weighted by Gasteiger charge is -2.45. The van der Waals surface area contributed by atoms with Gasteiger partial charge in [-0.05, 0) is 20.8 Å². The Balaban J connectivity index is 3.03. The fraction of sp³-hybridized carbons (Fsp3) is 0.857. The predicted octanol–water partition coefficient (Wildman–Crippen LogP) is 0.781. The molecule has 0 spiro atoms. The molecule has 1 rings (SSSR count). The van der Waals surface area contributed by atoms with Gasteiger partial charge < -0.3 is 23.7 Å². The van der Waals surface area contributed by atoms with Gasteiger partial charge in [0, 0.05) is 21.3 Å². The number of hydrogen-bond donors (Lipinski definition) is 0. The summed E-state index contributed by atoms with van der Waals surface area (Å²) in [6.45, 7) is 5.71. The third-order valence-electron chi connectivity index (χ3n) is 3.30. The first-order chi connectivity index (χ1) is 10.3. The molecule has 0 aromatic carbocycles. The summed E-state index contributed by atoms with van der Waals surface area (Å²) >= 11 is 0.